The summed E-state index contributed by atoms with van der Waals surface area (Å²) in [6, 6.07) is 13.5. The van der Waals surface area contributed by atoms with E-state index in [2.05, 4.69) is 4.98 Å². The molecule has 0 saturated carbocycles. The number of amides is 1. The Morgan fingerprint density at radius 1 is 1.24 bits per heavy atom. The van der Waals surface area contributed by atoms with Gasteiger partial charge < -0.3 is 14.6 Å². The van der Waals surface area contributed by atoms with Crippen molar-refractivity contribution in [2.24, 2.45) is 0 Å². The Morgan fingerprint density at radius 2 is 2.00 bits per heavy atom. The summed E-state index contributed by atoms with van der Waals surface area (Å²) >= 11 is 6.07. The molecule has 0 aliphatic carbocycles. The molecule has 4 nitrogen and oxygen atoms in total. The van der Waals surface area contributed by atoms with Gasteiger partial charge in [-0.2, -0.15) is 0 Å². The Labute approximate surface area is 152 Å². The second-order valence-corrected chi connectivity index (χ2v) is 6.59. The first-order valence-corrected chi connectivity index (χ1v) is 8.50. The molecule has 0 unspecified atom stereocenters. The molecule has 0 saturated heterocycles. The molecular weight excluding hydrogens is 336 g/mol. The molecular formula is C20H21ClN2O2. The van der Waals surface area contributed by atoms with E-state index in [0.29, 0.717) is 18.0 Å². The van der Waals surface area contributed by atoms with Crippen LogP contribution in [0.2, 0.25) is 5.02 Å². The van der Waals surface area contributed by atoms with E-state index in [-0.39, 0.29) is 5.91 Å². The van der Waals surface area contributed by atoms with Crippen molar-refractivity contribution in [3.05, 3.63) is 64.3 Å². The van der Waals surface area contributed by atoms with Crippen LogP contribution in [0.15, 0.2) is 42.5 Å². The molecule has 25 heavy (non-hydrogen) atoms. The number of aromatic nitrogens is 1. The Balaban J connectivity index is 1.79. The molecule has 1 amide bonds. The average Bonchev–Trinajstić information content (AvgIpc) is 2.91. The smallest absolute Gasteiger partial charge is 0.227 e. The van der Waals surface area contributed by atoms with Gasteiger partial charge in [-0.3, -0.25) is 4.79 Å². The number of ether oxygens (including phenoxy) is 1. The van der Waals surface area contributed by atoms with E-state index >= 15 is 0 Å². The van der Waals surface area contributed by atoms with Crippen LogP contribution in [0.4, 0.5) is 0 Å². The second kappa shape index (κ2) is 7.19. The van der Waals surface area contributed by atoms with Crippen molar-refractivity contribution in [3.8, 4) is 5.75 Å². The van der Waals surface area contributed by atoms with E-state index in [4.69, 9.17) is 16.3 Å². The molecule has 0 spiro atoms. The number of nitrogens with one attached hydrogen (secondary N) is 1. The molecule has 3 aromatic rings. The summed E-state index contributed by atoms with van der Waals surface area (Å²) in [6.07, 6.45) is 0.356. The third kappa shape index (κ3) is 3.64. The SMILES string of the molecule is COc1ccc(Cl)cc1CN(C)C(=O)Cc1c(C)[nH]c2ccccc12. The molecule has 2 aromatic carbocycles. The number of likely N-dealkylation sites (N-methyl/N-ethyl adjacent to an activating group) is 1. The standard InChI is InChI=1S/C20H21ClN2O2/c1-13-17(16-6-4-5-7-18(16)22-13)11-20(24)23(2)12-14-10-15(21)8-9-19(14)25-3/h4-10,22H,11-12H2,1-3H3. The first kappa shape index (κ1) is 17.4. The van der Waals surface area contributed by atoms with Crippen LogP contribution >= 0.6 is 11.6 Å². The highest BCUT2D eigenvalue weighted by atomic mass is 35.5. The van der Waals surface area contributed by atoms with Gasteiger partial charge in [0.15, 0.2) is 0 Å². The molecule has 3 rings (SSSR count). The number of para-hydroxylation sites is 1. The maximum Gasteiger partial charge on any atom is 0.227 e. The van der Waals surface area contributed by atoms with Gasteiger partial charge in [-0.25, -0.2) is 0 Å². The van der Waals surface area contributed by atoms with Crippen molar-refractivity contribution < 1.29 is 9.53 Å². The summed E-state index contributed by atoms with van der Waals surface area (Å²) in [6.45, 7) is 2.45. The molecule has 130 valence electrons. The number of aromatic amines is 1. The number of carbonyl (C=O) groups excluding carboxylic acids is 1. The van der Waals surface area contributed by atoms with E-state index in [0.717, 1.165) is 33.5 Å². The third-order valence-electron chi connectivity index (χ3n) is 4.43. The van der Waals surface area contributed by atoms with Gasteiger partial charge in [-0.05, 0) is 36.8 Å². The predicted molar refractivity (Wildman–Crippen MR) is 101 cm³/mol. The topological polar surface area (TPSA) is 45.3 Å². The van der Waals surface area contributed by atoms with Crippen LogP contribution in [0.5, 0.6) is 5.75 Å². The van der Waals surface area contributed by atoms with Gasteiger partial charge in [0.05, 0.1) is 13.5 Å². The molecule has 0 aliphatic heterocycles. The molecule has 5 heteroatoms. The van der Waals surface area contributed by atoms with E-state index in [1.165, 1.54) is 0 Å². The lowest BCUT2D eigenvalue weighted by molar-refractivity contribution is -0.129. The molecule has 0 aliphatic rings. The van der Waals surface area contributed by atoms with Crippen LogP contribution in [-0.2, 0) is 17.8 Å². The van der Waals surface area contributed by atoms with Gasteiger partial charge in [0.25, 0.3) is 0 Å². The number of hydrogen-bond acceptors (Lipinski definition) is 2. The summed E-state index contributed by atoms with van der Waals surface area (Å²) in [7, 11) is 3.41. The fourth-order valence-electron chi connectivity index (χ4n) is 3.06. The monoisotopic (exact) mass is 356 g/mol. The van der Waals surface area contributed by atoms with E-state index in [1.54, 1.807) is 25.1 Å². The Bertz CT molecular complexity index is 917. The number of hydrogen-bond donors (Lipinski definition) is 1. The van der Waals surface area contributed by atoms with Crippen molar-refractivity contribution >= 4 is 28.4 Å². The molecule has 1 aromatic heterocycles. The van der Waals surface area contributed by atoms with Crippen molar-refractivity contribution in [2.75, 3.05) is 14.2 Å². The Hall–Kier alpha value is -2.46. The van der Waals surface area contributed by atoms with Gasteiger partial charge in [-0.1, -0.05) is 29.8 Å². The van der Waals surface area contributed by atoms with Crippen molar-refractivity contribution in [1.29, 1.82) is 0 Å². The zero-order valence-electron chi connectivity index (χ0n) is 14.6. The van der Waals surface area contributed by atoms with Crippen LogP contribution in [0.25, 0.3) is 10.9 Å². The summed E-state index contributed by atoms with van der Waals surface area (Å²) in [5.74, 6) is 0.780. The Kier molecular flexibility index (Phi) is 5.00. The van der Waals surface area contributed by atoms with Crippen LogP contribution < -0.4 is 4.74 Å². The second-order valence-electron chi connectivity index (χ2n) is 6.16. The summed E-state index contributed by atoms with van der Waals surface area (Å²) in [4.78, 5) is 17.8. The number of carbonyl (C=O) groups is 1. The minimum Gasteiger partial charge on any atom is -0.496 e. The first-order chi connectivity index (χ1) is 12.0. The van der Waals surface area contributed by atoms with E-state index < -0.39 is 0 Å². The normalized spacial score (nSPS) is 10.9. The summed E-state index contributed by atoms with van der Waals surface area (Å²) < 4.78 is 5.36. The van der Waals surface area contributed by atoms with E-state index in [1.807, 2.05) is 43.3 Å². The average molecular weight is 357 g/mol. The number of nitrogens with zero attached hydrogens (tertiary/aromatic N) is 1. The van der Waals surface area contributed by atoms with Gasteiger partial charge in [-0.15, -0.1) is 0 Å². The van der Waals surface area contributed by atoms with Crippen molar-refractivity contribution in [1.82, 2.24) is 9.88 Å². The predicted octanol–water partition coefficient (Wildman–Crippen LogP) is 4.34. The van der Waals surface area contributed by atoms with E-state index in [9.17, 15) is 4.79 Å². The first-order valence-electron chi connectivity index (χ1n) is 8.12. The van der Waals surface area contributed by atoms with Gasteiger partial charge in [0.1, 0.15) is 5.75 Å². The zero-order valence-corrected chi connectivity index (χ0v) is 15.4. The minimum absolute atomic E-state index is 0.0508. The van der Waals surface area contributed by atoms with Gasteiger partial charge >= 0.3 is 0 Å². The largest absolute Gasteiger partial charge is 0.496 e. The number of methoxy groups -OCH3 is 1. The Morgan fingerprint density at radius 3 is 2.76 bits per heavy atom. The molecule has 0 bridgehead atoms. The van der Waals surface area contributed by atoms with Crippen LogP contribution in [-0.4, -0.2) is 29.9 Å². The van der Waals surface area contributed by atoms with Crippen LogP contribution in [0.1, 0.15) is 16.8 Å². The number of aryl methyl sites for hydroxylation is 1. The lowest BCUT2D eigenvalue weighted by atomic mass is 10.1. The quantitative estimate of drug-likeness (QED) is 0.739. The molecule has 0 radical (unpaired) electrons. The fraction of sp³-hybridized carbons (Fsp3) is 0.250. The maximum absolute atomic E-state index is 12.7. The van der Waals surface area contributed by atoms with Crippen molar-refractivity contribution in [3.63, 3.8) is 0 Å². The highest BCUT2D eigenvalue weighted by molar-refractivity contribution is 6.30. The number of fused-ring (bicyclic) bond motifs is 1. The van der Waals surface area contributed by atoms with Crippen molar-refractivity contribution in [2.45, 2.75) is 19.9 Å². The van der Waals surface area contributed by atoms with Crippen LogP contribution in [0.3, 0.4) is 0 Å². The molecule has 0 atom stereocenters. The highest BCUT2D eigenvalue weighted by Crippen LogP contribution is 2.25. The fourth-order valence-corrected chi connectivity index (χ4v) is 3.26. The number of H-pyrrole nitrogens is 1. The zero-order chi connectivity index (χ0) is 18.0. The van der Waals surface area contributed by atoms with Gasteiger partial charge in [0.2, 0.25) is 5.91 Å². The number of benzene rings is 2. The third-order valence-corrected chi connectivity index (χ3v) is 4.67. The maximum atomic E-state index is 12.7. The molecule has 0 fully saturated rings. The molecule has 1 N–H and O–H groups in total. The highest BCUT2D eigenvalue weighted by Gasteiger charge is 2.17. The van der Waals surface area contributed by atoms with Crippen LogP contribution in [0, 0.1) is 6.92 Å². The minimum atomic E-state index is 0.0508. The molecule has 1 heterocycles. The lowest BCUT2D eigenvalue weighted by Crippen LogP contribution is -2.28. The number of rotatable bonds is 5. The number of halogens is 1. The summed E-state index contributed by atoms with van der Waals surface area (Å²) in [5, 5.41) is 1.73. The lowest BCUT2D eigenvalue weighted by Gasteiger charge is -2.19. The summed E-state index contributed by atoms with van der Waals surface area (Å²) in [5.41, 5.74) is 4.03. The van der Waals surface area contributed by atoms with Gasteiger partial charge in [0, 0.05) is 40.8 Å².